The van der Waals surface area contributed by atoms with Gasteiger partial charge in [-0.15, -0.1) is 0 Å². The van der Waals surface area contributed by atoms with Gasteiger partial charge in [-0.1, -0.05) is 11.6 Å². The Morgan fingerprint density at radius 2 is 2.04 bits per heavy atom. The lowest BCUT2D eigenvalue weighted by Crippen LogP contribution is -2.38. The molecule has 1 aromatic rings. The van der Waals surface area contributed by atoms with Crippen LogP contribution in [0.5, 0.6) is 0 Å². The largest absolute Gasteiger partial charge is 0.459 e. The average molecular weight is 373 g/mol. The van der Waals surface area contributed by atoms with Crippen LogP contribution in [0.4, 0.5) is 10.5 Å². The minimum atomic E-state index is -3.26. The zero-order chi connectivity index (χ0) is 17.9. The van der Waals surface area contributed by atoms with Gasteiger partial charge in [-0.25, -0.2) is 18.0 Å². The van der Waals surface area contributed by atoms with E-state index in [1.807, 2.05) is 0 Å². The normalized spacial score (nSPS) is 18.4. The van der Waals surface area contributed by atoms with Crippen LogP contribution < -0.4 is 10.6 Å². The number of carbonyl (C=O) groups is 2. The van der Waals surface area contributed by atoms with E-state index in [4.69, 9.17) is 16.3 Å². The van der Waals surface area contributed by atoms with Crippen LogP contribution in [-0.2, 0) is 14.6 Å². The van der Waals surface area contributed by atoms with Crippen LogP contribution in [0.25, 0.3) is 0 Å². The number of rotatable bonds is 4. The number of hydrogen-bond donors (Lipinski definition) is 2. The third-order valence-corrected chi connectivity index (χ3v) is 4.76. The van der Waals surface area contributed by atoms with E-state index < -0.39 is 27.9 Å². The third kappa shape index (κ3) is 4.97. The molecule has 7 nitrogen and oxygen atoms in total. The van der Waals surface area contributed by atoms with Gasteiger partial charge in [0.2, 0.25) is 0 Å². The Balaban J connectivity index is 2.05. The SMILES string of the molecule is CC(C)OC(=O)c1ccc(Cl)c(NC(=O)N[C@@H]2C=CS(=O)(=O)C2)c1. The van der Waals surface area contributed by atoms with Crippen LogP contribution in [-0.4, -0.2) is 38.3 Å². The predicted molar refractivity (Wildman–Crippen MR) is 90.9 cm³/mol. The number of sulfone groups is 1. The number of halogens is 1. The van der Waals surface area contributed by atoms with Gasteiger partial charge in [0.05, 0.1) is 34.2 Å². The van der Waals surface area contributed by atoms with Gasteiger partial charge in [-0.05, 0) is 38.1 Å². The first-order chi connectivity index (χ1) is 11.2. The topological polar surface area (TPSA) is 102 Å². The number of ether oxygens (including phenoxy) is 1. The van der Waals surface area contributed by atoms with Crippen LogP contribution in [0.15, 0.2) is 29.7 Å². The minimum Gasteiger partial charge on any atom is -0.459 e. The molecule has 0 saturated carbocycles. The zero-order valence-electron chi connectivity index (χ0n) is 13.1. The standard InChI is InChI=1S/C15H17ClN2O5S/c1-9(2)23-14(19)10-3-4-12(16)13(7-10)18-15(20)17-11-5-6-24(21,22)8-11/h3-7,9,11H,8H2,1-2H3,(H2,17,18,20)/t11-/m1/s1. The Bertz CT molecular complexity index is 789. The lowest BCUT2D eigenvalue weighted by atomic mass is 10.2. The molecule has 1 atom stereocenters. The number of esters is 1. The van der Waals surface area contributed by atoms with Gasteiger partial charge in [0, 0.05) is 5.41 Å². The molecule has 2 amide bonds. The summed E-state index contributed by atoms with van der Waals surface area (Å²) in [5, 5.41) is 6.29. The number of benzene rings is 1. The second-order valence-electron chi connectivity index (χ2n) is 5.51. The molecule has 0 radical (unpaired) electrons. The second-order valence-corrected chi connectivity index (χ2v) is 7.85. The van der Waals surface area contributed by atoms with E-state index in [2.05, 4.69) is 10.6 Å². The Morgan fingerprint density at radius 1 is 1.33 bits per heavy atom. The highest BCUT2D eigenvalue weighted by atomic mass is 35.5. The van der Waals surface area contributed by atoms with Crippen molar-refractivity contribution in [3.8, 4) is 0 Å². The maximum absolute atomic E-state index is 12.0. The molecule has 1 aromatic carbocycles. The Labute approximate surface area is 144 Å². The molecular weight excluding hydrogens is 356 g/mol. The summed E-state index contributed by atoms with van der Waals surface area (Å²) in [4.78, 5) is 23.8. The van der Waals surface area contributed by atoms with E-state index in [0.717, 1.165) is 5.41 Å². The fourth-order valence-electron chi connectivity index (χ4n) is 2.02. The summed E-state index contributed by atoms with van der Waals surface area (Å²) in [7, 11) is -3.26. The third-order valence-electron chi connectivity index (χ3n) is 3.04. The van der Waals surface area contributed by atoms with E-state index in [1.165, 1.54) is 24.3 Å². The summed E-state index contributed by atoms with van der Waals surface area (Å²) in [6.45, 7) is 3.45. The molecule has 0 fully saturated rings. The first-order valence-corrected chi connectivity index (χ1v) is 9.24. The highest BCUT2D eigenvalue weighted by Crippen LogP contribution is 2.23. The highest BCUT2D eigenvalue weighted by Gasteiger charge is 2.23. The van der Waals surface area contributed by atoms with Crippen molar-refractivity contribution in [2.24, 2.45) is 0 Å². The zero-order valence-corrected chi connectivity index (χ0v) is 14.6. The van der Waals surface area contributed by atoms with Gasteiger partial charge < -0.3 is 15.4 Å². The van der Waals surface area contributed by atoms with Crippen LogP contribution in [0, 0.1) is 0 Å². The van der Waals surface area contributed by atoms with Crippen molar-refractivity contribution in [1.82, 2.24) is 5.32 Å². The molecule has 1 aliphatic heterocycles. The van der Waals surface area contributed by atoms with Crippen LogP contribution in [0.3, 0.4) is 0 Å². The van der Waals surface area contributed by atoms with Crippen LogP contribution in [0.2, 0.25) is 5.02 Å². The lowest BCUT2D eigenvalue weighted by molar-refractivity contribution is 0.0378. The molecule has 1 heterocycles. The molecule has 2 rings (SSSR count). The molecule has 0 spiro atoms. The maximum Gasteiger partial charge on any atom is 0.338 e. The summed E-state index contributed by atoms with van der Waals surface area (Å²) < 4.78 is 27.7. The van der Waals surface area contributed by atoms with Gasteiger partial charge in [0.15, 0.2) is 9.84 Å². The van der Waals surface area contributed by atoms with Crippen molar-refractivity contribution in [3.63, 3.8) is 0 Å². The van der Waals surface area contributed by atoms with Gasteiger partial charge in [0.1, 0.15) is 0 Å². The Kier molecular flexibility index (Phi) is 5.51. The monoisotopic (exact) mass is 372 g/mol. The first-order valence-electron chi connectivity index (χ1n) is 7.15. The van der Waals surface area contributed by atoms with E-state index in [-0.39, 0.29) is 28.1 Å². The maximum atomic E-state index is 12.0. The summed E-state index contributed by atoms with van der Waals surface area (Å²) in [5.41, 5.74) is 0.462. The van der Waals surface area contributed by atoms with Gasteiger partial charge >= 0.3 is 12.0 Å². The summed E-state index contributed by atoms with van der Waals surface area (Å²) in [6, 6.07) is 3.12. The molecule has 0 unspecified atom stereocenters. The number of hydrogen-bond acceptors (Lipinski definition) is 5. The fourth-order valence-corrected chi connectivity index (χ4v) is 3.42. The van der Waals surface area contributed by atoms with Crippen molar-refractivity contribution in [2.45, 2.75) is 26.0 Å². The van der Waals surface area contributed by atoms with Crippen molar-refractivity contribution in [3.05, 3.63) is 40.3 Å². The van der Waals surface area contributed by atoms with E-state index in [9.17, 15) is 18.0 Å². The van der Waals surface area contributed by atoms with Crippen molar-refractivity contribution in [2.75, 3.05) is 11.1 Å². The highest BCUT2D eigenvalue weighted by molar-refractivity contribution is 7.94. The molecule has 0 saturated heterocycles. The molecular formula is C15H17ClN2O5S. The fraction of sp³-hybridized carbons (Fsp3) is 0.333. The average Bonchev–Trinajstić information content (AvgIpc) is 2.79. The number of urea groups is 1. The quantitative estimate of drug-likeness (QED) is 0.790. The van der Waals surface area contributed by atoms with Gasteiger partial charge in [0.25, 0.3) is 0 Å². The Hall–Kier alpha value is -2.06. The van der Waals surface area contributed by atoms with Crippen molar-refractivity contribution >= 4 is 39.1 Å². The van der Waals surface area contributed by atoms with Crippen molar-refractivity contribution in [1.29, 1.82) is 0 Å². The van der Waals surface area contributed by atoms with Crippen molar-refractivity contribution < 1.29 is 22.7 Å². The second kappa shape index (κ2) is 7.23. The summed E-state index contributed by atoms with van der Waals surface area (Å²) in [6.07, 6.45) is 1.12. The minimum absolute atomic E-state index is 0.186. The lowest BCUT2D eigenvalue weighted by Gasteiger charge is -2.13. The smallest absolute Gasteiger partial charge is 0.338 e. The number of amides is 2. The predicted octanol–water partition coefficient (Wildman–Crippen LogP) is 2.34. The molecule has 130 valence electrons. The van der Waals surface area contributed by atoms with E-state index in [0.29, 0.717) is 0 Å². The van der Waals surface area contributed by atoms with Crippen LogP contribution in [0.1, 0.15) is 24.2 Å². The molecule has 24 heavy (non-hydrogen) atoms. The summed E-state index contributed by atoms with van der Waals surface area (Å²) >= 11 is 6.01. The van der Waals surface area contributed by atoms with Gasteiger partial charge in [-0.3, -0.25) is 0 Å². The molecule has 2 N–H and O–H groups in total. The molecule has 0 aliphatic carbocycles. The molecule has 1 aliphatic rings. The molecule has 0 aromatic heterocycles. The number of carbonyl (C=O) groups excluding carboxylic acids is 2. The Morgan fingerprint density at radius 3 is 2.62 bits per heavy atom. The van der Waals surface area contributed by atoms with Crippen LogP contribution >= 0.6 is 11.6 Å². The van der Waals surface area contributed by atoms with E-state index >= 15 is 0 Å². The van der Waals surface area contributed by atoms with E-state index in [1.54, 1.807) is 13.8 Å². The number of anilines is 1. The summed E-state index contributed by atoms with van der Waals surface area (Å²) in [5.74, 6) is -0.718. The molecule has 9 heteroatoms. The van der Waals surface area contributed by atoms with Gasteiger partial charge in [-0.2, -0.15) is 0 Å². The molecule has 0 bridgehead atoms. The first kappa shape index (κ1) is 18.3. The number of nitrogens with one attached hydrogen (secondary N) is 2.